The number of fused-ring (bicyclic) bond motifs is 5. The quantitative estimate of drug-likeness (QED) is 0.716. The minimum atomic E-state index is 0.0643. The zero-order valence-corrected chi connectivity index (χ0v) is 19.4. The summed E-state index contributed by atoms with van der Waals surface area (Å²) in [5.41, 5.74) is 2.23. The predicted molar refractivity (Wildman–Crippen MR) is 123 cm³/mol. The molecule has 1 aliphatic heterocycles. The Labute approximate surface area is 186 Å². The second-order valence-corrected chi connectivity index (χ2v) is 11.2. The van der Waals surface area contributed by atoms with Crippen molar-refractivity contribution < 1.29 is 9.59 Å². The molecular weight excluding hydrogens is 384 g/mol. The fourth-order valence-corrected chi connectivity index (χ4v) is 8.12. The third-order valence-corrected chi connectivity index (χ3v) is 9.73. The first-order valence-corrected chi connectivity index (χ1v) is 12.1. The summed E-state index contributed by atoms with van der Waals surface area (Å²) in [6, 6.07) is 8.43. The Morgan fingerprint density at radius 2 is 1.90 bits per heavy atom. The van der Waals surface area contributed by atoms with Crippen molar-refractivity contribution in [3.05, 3.63) is 42.0 Å². The molecule has 0 saturated heterocycles. The van der Waals surface area contributed by atoms with Crippen molar-refractivity contribution in [3.8, 4) is 0 Å². The van der Waals surface area contributed by atoms with Gasteiger partial charge in [-0.2, -0.15) is 0 Å². The third-order valence-electron chi connectivity index (χ3n) is 9.73. The van der Waals surface area contributed by atoms with Crippen LogP contribution in [0.1, 0.15) is 57.9 Å². The fourth-order valence-electron chi connectivity index (χ4n) is 8.12. The maximum atomic E-state index is 13.3. The second-order valence-electron chi connectivity index (χ2n) is 11.2. The number of anilines is 1. The van der Waals surface area contributed by atoms with Crippen LogP contribution in [-0.2, 0) is 9.59 Å². The molecule has 5 rings (SSSR count). The Kier molecular flexibility index (Phi) is 4.84. The standard InChI is InChI=1S/C27H36N2O2/c1-17-6-5-7-18(16-17)28-25(31)22-10-9-20-19-8-11-23-27(3,15-13-24(30)29(23)4)21(19)12-14-26(20,22)2/h5-7,13,15-16,19-23H,8-12,14H2,1-4H3,(H,28,31)/t19-,20-,21-,22+,23+,26-,27+/m0/s1. The van der Waals surface area contributed by atoms with Gasteiger partial charge in [-0.15, -0.1) is 0 Å². The lowest BCUT2D eigenvalue weighted by atomic mass is 9.47. The van der Waals surface area contributed by atoms with E-state index in [2.05, 4.69) is 44.3 Å². The summed E-state index contributed by atoms with van der Waals surface area (Å²) in [6.45, 7) is 6.83. The number of hydrogen-bond donors (Lipinski definition) is 1. The number of nitrogens with zero attached hydrogens (tertiary/aromatic N) is 1. The van der Waals surface area contributed by atoms with Gasteiger partial charge in [0, 0.05) is 30.1 Å². The van der Waals surface area contributed by atoms with E-state index in [1.807, 2.05) is 24.1 Å². The maximum absolute atomic E-state index is 13.3. The van der Waals surface area contributed by atoms with Crippen LogP contribution < -0.4 is 5.32 Å². The zero-order valence-electron chi connectivity index (χ0n) is 19.4. The molecule has 3 fully saturated rings. The van der Waals surface area contributed by atoms with Crippen molar-refractivity contribution >= 4 is 17.5 Å². The normalized spacial score (nSPS) is 41.4. The summed E-state index contributed by atoms with van der Waals surface area (Å²) in [4.78, 5) is 27.6. The number of carbonyl (C=O) groups excluding carboxylic acids is 2. The van der Waals surface area contributed by atoms with E-state index in [9.17, 15) is 9.59 Å². The van der Waals surface area contributed by atoms with Crippen molar-refractivity contribution in [1.29, 1.82) is 0 Å². The van der Waals surface area contributed by atoms with E-state index >= 15 is 0 Å². The molecule has 4 aliphatic rings. The Hall–Kier alpha value is -2.10. The minimum Gasteiger partial charge on any atom is -0.338 e. The number of rotatable bonds is 2. The van der Waals surface area contributed by atoms with Gasteiger partial charge in [-0.05, 0) is 92.4 Å². The van der Waals surface area contributed by atoms with E-state index in [4.69, 9.17) is 0 Å². The Bertz CT molecular complexity index is 939. The Balaban J connectivity index is 1.38. The van der Waals surface area contributed by atoms with E-state index in [1.165, 1.54) is 12.0 Å². The van der Waals surface area contributed by atoms with Gasteiger partial charge in [0.15, 0.2) is 0 Å². The summed E-state index contributed by atoms with van der Waals surface area (Å²) >= 11 is 0. The largest absolute Gasteiger partial charge is 0.338 e. The van der Waals surface area contributed by atoms with E-state index < -0.39 is 0 Å². The van der Waals surface area contributed by atoms with Crippen LogP contribution in [-0.4, -0.2) is 29.8 Å². The van der Waals surface area contributed by atoms with E-state index in [0.29, 0.717) is 23.8 Å². The van der Waals surface area contributed by atoms with Gasteiger partial charge < -0.3 is 10.2 Å². The van der Waals surface area contributed by atoms with E-state index in [-0.39, 0.29) is 28.6 Å². The Morgan fingerprint density at radius 3 is 2.68 bits per heavy atom. The van der Waals surface area contributed by atoms with Gasteiger partial charge in [0.2, 0.25) is 11.8 Å². The number of hydrogen-bond acceptors (Lipinski definition) is 2. The summed E-state index contributed by atoms with van der Waals surface area (Å²) in [5.74, 6) is 2.31. The fraction of sp³-hybridized carbons (Fsp3) is 0.630. The van der Waals surface area contributed by atoms with Crippen LogP contribution in [0.5, 0.6) is 0 Å². The van der Waals surface area contributed by atoms with E-state index in [0.717, 1.165) is 37.8 Å². The molecule has 1 heterocycles. The lowest BCUT2D eigenvalue weighted by Gasteiger charge is -2.60. The summed E-state index contributed by atoms with van der Waals surface area (Å²) in [7, 11) is 1.98. The molecule has 1 N–H and O–H groups in total. The molecule has 0 unspecified atom stereocenters. The highest BCUT2D eigenvalue weighted by atomic mass is 16.2. The monoisotopic (exact) mass is 420 g/mol. The predicted octanol–water partition coefficient (Wildman–Crippen LogP) is 5.19. The summed E-state index contributed by atoms with van der Waals surface area (Å²) < 4.78 is 0. The van der Waals surface area contributed by atoms with Gasteiger partial charge in [-0.3, -0.25) is 9.59 Å². The molecule has 0 radical (unpaired) electrons. The van der Waals surface area contributed by atoms with Crippen LogP contribution in [0.4, 0.5) is 5.69 Å². The van der Waals surface area contributed by atoms with Crippen LogP contribution >= 0.6 is 0 Å². The molecule has 4 heteroatoms. The molecule has 0 spiro atoms. The molecule has 31 heavy (non-hydrogen) atoms. The van der Waals surface area contributed by atoms with Crippen molar-refractivity contribution in [1.82, 2.24) is 4.90 Å². The SMILES string of the molecule is Cc1cccc(NC(=O)[C@H]2CC[C@H]3[C@@H]4CC[C@H]5N(C)C(=O)C=C[C@]5(C)[C@H]4CC[C@]23C)c1. The first-order valence-electron chi connectivity index (χ1n) is 12.1. The van der Waals surface area contributed by atoms with Crippen molar-refractivity contribution in [2.45, 2.75) is 65.3 Å². The second kappa shape index (κ2) is 7.21. The Morgan fingerprint density at radius 1 is 1.10 bits per heavy atom. The molecule has 1 aromatic rings. The van der Waals surface area contributed by atoms with Gasteiger partial charge in [-0.1, -0.05) is 32.1 Å². The summed E-state index contributed by atoms with van der Waals surface area (Å²) in [6.07, 6.45) is 10.7. The average molecular weight is 421 g/mol. The van der Waals surface area contributed by atoms with Crippen LogP contribution in [0.15, 0.2) is 36.4 Å². The van der Waals surface area contributed by atoms with Crippen LogP contribution in [0.3, 0.4) is 0 Å². The topological polar surface area (TPSA) is 49.4 Å². The third kappa shape index (κ3) is 3.08. The summed E-state index contributed by atoms with van der Waals surface area (Å²) in [5, 5.41) is 3.22. The molecule has 0 aromatic heterocycles. The van der Waals surface area contributed by atoms with Gasteiger partial charge >= 0.3 is 0 Å². The number of likely N-dealkylation sites (N-methyl/N-ethyl adjacent to an activating group) is 1. The van der Waals surface area contributed by atoms with Crippen LogP contribution in [0, 0.1) is 41.4 Å². The minimum absolute atomic E-state index is 0.0643. The van der Waals surface area contributed by atoms with Crippen molar-refractivity contribution in [2.75, 3.05) is 12.4 Å². The number of carbonyl (C=O) groups is 2. The lowest BCUT2D eigenvalue weighted by molar-refractivity contribution is -0.141. The highest BCUT2D eigenvalue weighted by molar-refractivity contribution is 5.93. The molecule has 0 bridgehead atoms. The van der Waals surface area contributed by atoms with Gasteiger partial charge in [0.05, 0.1) is 0 Å². The van der Waals surface area contributed by atoms with Crippen LogP contribution in [0.2, 0.25) is 0 Å². The van der Waals surface area contributed by atoms with Crippen LogP contribution in [0.25, 0.3) is 0 Å². The molecule has 4 nitrogen and oxygen atoms in total. The average Bonchev–Trinajstić information content (AvgIpc) is 3.08. The first-order chi connectivity index (χ1) is 14.7. The van der Waals surface area contributed by atoms with E-state index in [1.54, 1.807) is 6.08 Å². The van der Waals surface area contributed by atoms with Crippen molar-refractivity contribution in [3.63, 3.8) is 0 Å². The highest BCUT2D eigenvalue weighted by Gasteiger charge is 2.61. The molecule has 7 atom stereocenters. The first kappa shape index (κ1) is 20.8. The van der Waals surface area contributed by atoms with Gasteiger partial charge in [-0.25, -0.2) is 0 Å². The molecular formula is C27H36N2O2. The number of nitrogens with one attached hydrogen (secondary N) is 1. The van der Waals surface area contributed by atoms with Gasteiger partial charge in [0.25, 0.3) is 0 Å². The molecule has 2 amide bonds. The lowest BCUT2D eigenvalue weighted by Crippen LogP contribution is -2.59. The molecule has 3 saturated carbocycles. The maximum Gasteiger partial charge on any atom is 0.246 e. The number of benzene rings is 1. The van der Waals surface area contributed by atoms with Gasteiger partial charge in [0.1, 0.15) is 0 Å². The molecule has 1 aromatic carbocycles. The smallest absolute Gasteiger partial charge is 0.246 e. The highest BCUT2D eigenvalue weighted by Crippen LogP contribution is 2.65. The number of amides is 2. The molecule has 3 aliphatic carbocycles. The van der Waals surface area contributed by atoms with Crippen molar-refractivity contribution in [2.24, 2.45) is 34.5 Å². The number of aryl methyl sites for hydroxylation is 1. The zero-order chi connectivity index (χ0) is 22.0. The molecule has 166 valence electrons.